The summed E-state index contributed by atoms with van der Waals surface area (Å²) in [5.41, 5.74) is 3.75. The van der Waals surface area contributed by atoms with Crippen LogP contribution in [0.1, 0.15) is 45.5 Å². The lowest BCUT2D eigenvalue weighted by Crippen LogP contribution is -2.10. The minimum Gasteiger partial charge on any atom is -0.497 e. The summed E-state index contributed by atoms with van der Waals surface area (Å²) in [4.78, 5) is 9.51. The van der Waals surface area contributed by atoms with Crippen LogP contribution >= 0.6 is 11.6 Å². The summed E-state index contributed by atoms with van der Waals surface area (Å²) in [6.45, 7) is 6.59. The Hall–Kier alpha value is -2.07. The number of benzene rings is 1. The lowest BCUT2D eigenvalue weighted by atomic mass is 10.1. The summed E-state index contributed by atoms with van der Waals surface area (Å²) < 4.78 is 7.62. The third-order valence-electron chi connectivity index (χ3n) is 4.74. The van der Waals surface area contributed by atoms with E-state index in [-0.39, 0.29) is 0 Å². The summed E-state index contributed by atoms with van der Waals surface area (Å²) in [5, 5.41) is 0.620. The molecule has 1 aromatic carbocycles. The van der Waals surface area contributed by atoms with Crippen molar-refractivity contribution in [1.29, 1.82) is 0 Å². The summed E-state index contributed by atoms with van der Waals surface area (Å²) in [6, 6.07) is 8.17. The molecule has 3 rings (SSSR count). The molecule has 0 bridgehead atoms. The molecular formula is C20H24ClN3O. The Morgan fingerprint density at radius 1 is 1.16 bits per heavy atom. The molecule has 132 valence electrons. The van der Waals surface area contributed by atoms with Crippen LogP contribution in [0.15, 0.2) is 30.5 Å². The number of rotatable bonds is 6. The second-order valence-corrected chi connectivity index (χ2v) is 6.50. The van der Waals surface area contributed by atoms with Crippen molar-refractivity contribution in [2.24, 2.45) is 0 Å². The molecule has 0 radical (unpaired) electrons. The fourth-order valence-electron chi connectivity index (χ4n) is 3.39. The smallest absolute Gasteiger partial charge is 0.120 e. The first kappa shape index (κ1) is 17.7. The molecule has 2 aromatic heterocycles. The van der Waals surface area contributed by atoms with Gasteiger partial charge in [-0.1, -0.05) is 32.4 Å². The maximum Gasteiger partial charge on any atom is 0.120 e. The molecule has 0 aliphatic rings. The number of nitrogens with zero attached hydrogens (tertiary/aromatic N) is 3. The van der Waals surface area contributed by atoms with Gasteiger partial charge < -0.3 is 9.30 Å². The predicted octanol–water partition coefficient (Wildman–Crippen LogP) is 5.68. The average Bonchev–Trinajstić information content (AvgIpc) is 3.02. The van der Waals surface area contributed by atoms with Crippen LogP contribution in [0.4, 0.5) is 0 Å². The number of pyridine rings is 1. The maximum atomic E-state index is 6.49. The second kappa shape index (κ2) is 7.44. The van der Waals surface area contributed by atoms with Gasteiger partial charge in [0.1, 0.15) is 17.1 Å². The van der Waals surface area contributed by atoms with Crippen molar-refractivity contribution in [2.45, 2.75) is 46.1 Å². The van der Waals surface area contributed by atoms with Gasteiger partial charge in [-0.3, -0.25) is 4.98 Å². The number of methoxy groups -OCH3 is 1. The third kappa shape index (κ3) is 3.11. The van der Waals surface area contributed by atoms with Gasteiger partial charge in [0.05, 0.1) is 23.3 Å². The van der Waals surface area contributed by atoms with Crippen LogP contribution in [0.5, 0.6) is 5.75 Å². The van der Waals surface area contributed by atoms with E-state index >= 15 is 0 Å². The molecule has 4 nitrogen and oxygen atoms in total. The van der Waals surface area contributed by atoms with Gasteiger partial charge in [-0.25, -0.2) is 4.98 Å². The SMILES string of the molecule is CCc1nc2c(-c3ccc(OC)cc3Cl)nccc2n1C(CC)CC. The van der Waals surface area contributed by atoms with Gasteiger partial charge in [-0.05, 0) is 37.1 Å². The van der Waals surface area contributed by atoms with Gasteiger partial charge in [0.2, 0.25) is 0 Å². The quantitative estimate of drug-likeness (QED) is 0.569. The van der Waals surface area contributed by atoms with E-state index in [9.17, 15) is 0 Å². The van der Waals surface area contributed by atoms with Crippen molar-refractivity contribution in [3.63, 3.8) is 0 Å². The lowest BCUT2D eigenvalue weighted by Gasteiger charge is -2.18. The minimum absolute atomic E-state index is 0.446. The van der Waals surface area contributed by atoms with E-state index in [1.807, 2.05) is 24.4 Å². The van der Waals surface area contributed by atoms with E-state index in [4.69, 9.17) is 21.3 Å². The molecule has 0 atom stereocenters. The van der Waals surface area contributed by atoms with Gasteiger partial charge in [0.25, 0.3) is 0 Å². The monoisotopic (exact) mass is 357 g/mol. The fourth-order valence-corrected chi connectivity index (χ4v) is 3.65. The number of hydrogen-bond donors (Lipinski definition) is 0. The first-order valence-corrected chi connectivity index (χ1v) is 9.22. The third-order valence-corrected chi connectivity index (χ3v) is 5.05. The van der Waals surface area contributed by atoms with Crippen molar-refractivity contribution >= 4 is 22.6 Å². The van der Waals surface area contributed by atoms with E-state index in [0.717, 1.165) is 53.1 Å². The largest absolute Gasteiger partial charge is 0.497 e. The molecule has 25 heavy (non-hydrogen) atoms. The van der Waals surface area contributed by atoms with Crippen LogP contribution in [0.2, 0.25) is 5.02 Å². The normalized spacial score (nSPS) is 11.4. The first-order valence-electron chi connectivity index (χ1n) is 8.84. The van der Waals surface area contributed by atoms with Crippen molar-refractivity contribution in [2.75, 3.05) is 7.11 Å². The van der Waals surface area contributed by atoms with Gasteiger partial charge in [0, 0.05) is 24.2 Å². The number of fused-ring (bicyclic) bond motifs is 1. The van der Waals surface area contributed by atoms with Crippen molar-refractivity contribution in [3.05, 3.63) is 41.3 Å². The Morgan fingerprint density at radius 3 is 2.52 bits per heavy atom. The van der Waals surface area contributed by atoms with Gasteiger partial charge in [-0.2, -0.15) is 0 Å². The number of imidazole rings is 1. The van der Waals surface area contributed by atoms with Crippen LogP contribution in [-0.4, -0.2) is 21.6 Å². The van der Waals surface area contributed by atoms with Crippen LogP contribution in [0.25, 0.3) is 22.3 Å². The van der Waals surface area contributed by atoms with Gasteiger partial charge in [0.15, 0.2) is 0 Å². The molecule has 0 saturated heterocycles. The predicted molar refractivity (Wildman–Crippen MR) is 104 cm³/mol. The van der Waals surface area contributed by atoms with Crippen molar-refractivity contribution < 1.29 is 4.74 Å². The Bertz CT molecular complexity index is 884. The van der Waals surface area contributed by atoms with E-state index in [2.05, 4.69) is 36.4 Å². The average molecular weight is 358 g/mol. The highest BCUT2D eigenvalue weighted by Crippen LogP contribution is 2.35. The highest BCUT2D eigenvalue weighted by Gasteiger charge is 2.20. The summed E-state index contributed by atoms with van der Waals surface area (Å²) in [5.74, 6) is 1.83. The Labute approximate surface area is 153 Å². The molecule has 0 aliphatic carbocycles. The number of aryl methyl sites for hydroxylation is 1. The van der Waals surface area contributed by atoms with Crippen LogP contribution < -0.4 is 4.74 Å². The first-order chi connectivity index (χ1) is 12.1. The molecule has 0 aliphatic heterocycles. The zero-order valence-electron chi connectivity index (χ0n) is 15.2. The van der Waals surface area contributed by atoms with E-state index < -0.39 is 0 Å². The number of aromatic nitrogens is 3. The highest BCUT2D eigenvalue weighted by molar-refractivity contribution is 6.33. The number of halogens is 1. The molecule has 0 fully saturated rings. The lowest BCUT2D eigenvalue weighted by molar-refractivity contribution is 0.415. The molecule has 0 unspecified atom stereocenters. The zero-order chi connectivity index (χ0) is 18.0. The Kier molecular flexibility index (Phi) is 5.28. The molecule has 0 N–H and O–H groups in total. The summed E-state index contributed by atoms with van der Waals surface area (Å²) in [6.07, 6.45) is 4.89. The van der Waals surface area contributed by atoms with E-state index in [0.29, 0.717) is 11.1 Å². The molecule has 2 heterocycles. The minimum atomic E-state index is 0.446. The molecule has 0 saturated carbocycles. The van der Waals surface area contributed by atoms with Crippen LogP contribution in [0, 0.1) is 0 Å². The van der Waals surface area contributed by atoms with Gasteiger partial charge >= 0.3 is 0 Å². The van der Waals surface area contributed by atoms with Gasteiger partial charge in [-0.15, -0.1) is 0 Å². The Morgan fingerprint density at radius 2 is 1.92 bits per heavy atom. The molecule has 0 amide bonds. The fraction of sp³-hybridized carbons (Fsp3) is 0.400. The summed E-state index contributed by atoms with van der Waals surface area (Å²) in [7, 11) is 1.63. The number of hydrogen-bond acceptors (Lipinski definition) is 3. The maximum absolute atomic E-state index is 6.49. The summed E-state index contributed by atoms with van der Waals surface area (Å²) >= 11 is 6.49. The standard InChI is InChI=1S/C20H24ClN3O/c1-5-13(6-2)24-17-10-11-22-19(20(17)23-18(24)7-3)15-9-8-14(25-4)12-16(15)21/h8-13H,5-7H2,1-4H3. The number of ether oxygens (including phenoxy) is 1. The topological polar surface area (TPSA) is 39.9 Å². The Balaban J connectivity index is 2.25. The molecular weight excluding hydrogens is 334 g/mol. The van der Waals surface area contributed by atoms with Crippen molar-refractivity contribution in [3.8, 4) is 17.0 Å². The molecule has 3 aromatic rings. The zero-order valence-corrected chi connectivity index (χ0v) is 16.0. The van der Waals surface area contributed by atoms with E-state index in [1.165, 1.54) is 0 Å². The molecule has 5 heteroatoms. The van der Waals surface area contributed by atoms with E-state index in [1.54, 1.807) is 7.11 Å². The molecule has 0 spiro atoms. The van der Waals surface area contributed by atoms with Crippen LogP contribution in [0.3, 0.4) is 0 Å². The second-order valence-electron chi connectivity index (χ2n) is 6.09. The van der Waals surface area contributed by atoms with Crippen molar-refractivity contribution in [1.82, 2.24) is 14.5 Å². The van der Waals surface area contributed by atoms with Crippen LogP contribution in [-0.2, 0) is 6.42 Å². The highest BCUT2D eigenvalue weighted by atomic mass is 35.5.